The van der Waals surface area contributed by atoms with Gasteiger partial charge in [0, 0.05) is 13.0 Å². The third-order valence-corrected chi connectivity index (χ3v) is 3.97. The molecular formula is C18H21NO5. The predicted octanol–water partition coefficient (Wildman–Crippen LogP) is 3.10. The highest BCUT2D eigenvalue weighted by Gasteiger charge is 2.40. The van der Waals surface area contributed by atoms with Crippen molar-refractivity contribution in [2.45, 2.75) is 32.0 Å². The number of benzene rings is 1. The molecule has 6 heteroatoms. The first-order valence-corrected chi connectivity index (χ1v) is 7.97. The molecule has 0 bridgehead atoms. The summed E-state index contributed by atoms with van der Waals surface area (Å²) in [6.45, 7) is 2.65. The molecular weight excluding hydrogens is 310 g/mol. The number of carbonyl (C=O) groups is 1. The first-order chi connectivity index (χ1) is 11.7. The van der Waals surface area contributed by atoms with Gasteiger partial charge in [0.2, 0.25) is 0 Å². The van der Waals surface area contributed by atoms with Gasteiger partial charge in [-0.15, -0.1) is 0 Å². The Morgan fingerprint density at radius 1 is 1.29 bits per heavy atom. The lowest BCUT2D eigenvalue weighted by Gasteiger charge is -2.21. The van der Waals surface area contributed by atoms with Gasteiger partial charge in [0.1, 0.15) is 11.5 Å². The van der Waals surface area contributed by atoms with Crippen molar-refractivity contribution in [2.75, 3.05) is 13.7 Å². The molecule has 0 radical (unpaired) electrons. The maximum absolute atomic E-state index is 12.0. The molecule has 0 amide bonds. The molecule has 0 saturated carbocycles. The van der Waals surface area contributed by atoms with Gasteiger partial charge in [-0.3, -0.25) is 4.84 Å². The van der Waals surface area contributed by atoms with Crippen molar-refractivity contribution in [3.8, 4) is 5.75 Å². The lowest BCUT2D eigenvalue weighted by molar-refractivity contribution is -0.194. The number of hydrogen-bond acceptors (Lipinski definition) is 6. The molecule has 0 unspecified atom stereocenters. The summed E-state index contributed by atoms with van der Waals surface area (Å²) < 4.78 is 15.8. The van der Waals surface area contributed by atoms with Gasteiger partial charge in [0.05, 0.1) is 26.0 Å². The Balaban J connectivity index is 1.75. The lowest BCUT2D eigenvalue weighted by atomic mass is 10.1. The summed E-state index contributed by atoms with van der Waals surface area (Å²) in [4.78, 5) is 17.9. The van der Waals surface area contributed by atoms with E-state index in [0.29, 0.717) is 19.6 Å². The summed E-state index contributed by atoms with van der Waals surface area (Å²) in [7, 11) is 1.63. The molecule has 0 spiro atoms. The van der Waals surface area contributed by atoms with E-state index in [2.05, 4.69) is 0 Å². The van der Waals surface area contributed by atoms with Crippen molar-refractivity contribution < 1.29 is 23.5 Å². The van der Waals surface area contributed by atoms with Gasteiger partial charge in [-0.1, -0.05) is 12.1 Å². The Kier molecular flexibility index (Phi) is 5.17. The van der Waals surface area contributed by atoms with Crippen LogP contribution in [0.2, 0.25) is 0 Å². The molecule has 0 N–H and O–H groups in total. The number of carbonyl (C=O) groups excluding carboxylic acids is 1. The SMILES string of the molecule is CCOC(=O)[C@H]1C[C@H](c2ccco2)N(Cc2ccc(OC)cc2)O1. The molecule has 1 fully saturated rings. The van der Waals surface area contributed by atoms with E-state index in [4.69, 9.17) is 18.7 Å². The molecule has 1 aromatic carbocycles. The molecule has 1 aliphatic rings. The lowest BCUT2D eigenvalue weighted by Crippen LogP contribution is -2.26. The van der Waals surface area contributed by atoms with E-state index in [-0.39, 0.29) is 12.0 Å². The Morgan fingerprint density at radius 2 is 2.08 bits per heavy atom. The molecule has 3 rings (SSSR count). The molecule has 0 aliphatic carbocycles. The number of furan rings is 1. The predicted molar refractivity (Wildman–Crippen MR) is 86.1 cm³/mol. The maximum Gasteiger partial charge on any atom is 0.337 e. The monoisotopic (exact) mass is 331 g/mol. The van der Waals surface area contributed by atoms with Gasteiger partial charge in [0.15, 0.2) is 6.10 Å². The first-order valence-electron chi connectivity index (χ1n) is 7.97. The minimum absolute atomic E-state index is 0.128. The summed E-state index contributed by atoms with van der Waals surface area (Å²) in [6.07, 6.45) is 1.51. The summed E-state index contributed by atoms with van der Waals surface area (Å²) in [5.41, 5.74) is 1.05. The maximum atomic E-state index is 12.0. The van der Waals surface area contributed by atoms with E-state index < -0.39 is 6.10 Å². The number of nitrogens with zero attached hydrogens (tertiary/aromatic N) is 1. The zero-order chi connectivity index (χ0) is 16.9. The third-order valence-electron chi connectivity index (χ3n) is 3.97. The zero-order valence-electron chi connectivity index (χ0n) is 13.8. The Labute approximate surface area is 140 Å². The second-order valence-corrected chi connectivity index (χ2v) is 5.54. The molecule has 2 atom stereocenters. The summed E-state index contributed by atoms with van der Waals surface area (Å²) in [5, 5.41) is 1.78. The Morgan fingerprint density at radius 3 is 2.71 bits per heavy atom. The molecule has 1 aliphatic heterocycles. The standard InChI is InChI=1S/C18H21NO5/c1-3-22-18(20)17-11-15(16-5-4-10-23-16)19(24-17)12-13-6-8-14(21-2)9-7-13/h4-10,15,17H,3,11-12H2,1-2H3/t15-,17-/m1/s1. The van der Waals surface area contributed by atoms with Gasteiger partial charge in [-0.05, 0) is 36.8 Å². The van der Waals surface area contributed by atoms with Crippen LogP contribution >= 0.6 is 0 Å². The van der Waals surface area contributed by atoms with Crippen LogP contribution in [0.5, 0.6) is 5.75 Å². The highest BCUT2D eigenvalue weighted by molar-refractivity contribution is 5.75. The normalized spacial score (nSPS) is 20.9. The quantitative estimate of drug-likeness (QED) is 0.758. The first kappa shape index (κ1) is 16.5. The number of hydroxylamine groups is 2. The van der Waals surface area contributed by atoms with Crippen LogP contribution in [0.3, 0.4) is 0 Å². The number of hydrogen-bond donors (Lipinski definition) is 0. The Hall–Kier alpha value is -2.31. The fourth-order valence-corrected chi connectivity index (χ4v) is 2.77. The van der Waals surface area contributed by atoms with Crippen molar-refractivity contribution >= 4 is 5.97 Å². The molecule has 1 aromatic heterocycles. The van der Waals surface area contributed by atoms with Crippen LogP contribution in [-0.4, -0.2) is 30.9 Å². The van der Waals surface area contributed by atoms with Crippen LogP contribution in [0.1, 0.15) is 30.7 Å². The molecule has 2 aromatic rings. The zero-order valence-corrected chi connectivity index (χ0v) is 13.8. The van der Waals surface area contributed by atoms with Crippen LogP contribution in [0.4, 0.5) is 0 Å². The number of esters is 1. The van der Waals surface area contributed by atoms with Crippen LogP contribution in [-0.2, 0) is 20.9 Å². The van der Waals surface area contributed by atoms with Gasteiger partial charge < -0.3 is 13.9 Å². The van der Waals surface area contributed by atoms with Gasteiger partial charge >= 0.3 is 5.97 Å². The van der Waals surface area contributed by atoms with E-state index >= 15 is 0 Å². The number of methoxy groups -OCH3 is 1. The van der Waals surface area contributed by atoms with Crippen LogP contribution in [0.15, 0.2) is 47.1 Å². The average Bonchev–Trinajstić information content (AvgIpc) is 3.25. The van der Waals surface area contributed by atoms with Crippen molar-refractivity contribution in [3.63, 3.8) is 0 Å². The average molecular weight is 331 g/mol. The van der Waals surface area contributed by atoms with Crippen molar-refractivity contribution in [1.82, 2.24) is 5.06 Å². The molecule has 6 nitrogen and oxygen atoms in total. The summed E-state index contributed by atoms with van der Waals surface area (Å²) in [6, 6.07) is 11.3. The second-order valence-electron chi connectivity index (χ2n) is 5.54. The minimum Gasteiger partial charge on any atom is -0.497 e. The number of ether oxygens (including phenoxy) is 2. The topological polar surface area (TPSA) is 61.1 Å². The molecule has 2 heterocycles. The van der Waals surface area contributed by atoms with Gasteiger partial charge in [-0.25, -0.2) is 4.79 Å². The van der Waals surface area contributed by atoms with Crippen LogP contribution < -0.4 is 4.74 Å². The number of rotatable bonds is 6. The van der Waals surface area contributed by atoms with Crippen LogP contribution in [0, 0.1) is 0 Å². The van der Waals surface area contributed by atoms with Crippen molar-refractivity contribution in [2.24, 2.45) is 0 Å². The van der Waals surface area contributed by atoms with E-state index in [1.165, 1.54) is 0 Å². The minimum atomic E-state index is -0.613. The highest BCUT2D eigenvalue weighted by Crippen LogP contribution is 2.36. The third kappa shape index (κ3) is 3.60. The fraction of sp³-hybridized carbons (Fsp3) is 0.389. The van der Waals surface area contributed by atoms with E-state index in [0.717, 1.165) is 17.1 Å². The summed E-state index contributed by atoms with van der Waals surface area (Å²) >= 11 is 0. The van der Waals surface area contributed by atoms with Crippen LogP contribution in [0.25, 0.3) is 0 Å². The van der Waals surface area contributed by atoms with Gasteiger partial charge in [-0.2, -0.15) is 5.06 Å². The highest BCUT2D eigenvalue weighted by atomic mass is 16.7. The fourth-order valence-electron chi connectivity index (χ4n) is 2.77. The van der Waals surface area contributed by atoms with Crippen molar-refractivity contribution in [1.29, 1.82) is 0 Å². The van der Waals surface area contributed by atoms with E-state index in [1.54, 1.807) is 25.4 Å². The van der Waals surface area contributed by atoms with E-state index in [1.807, 2.05) is 36.4 Å². The molecule has 24 heavy (non-hydrogen) atoms. The largest absolute Gasteiger partial charge is 0.497 e. The Bertz CT molecular complexity index is 653. The van der Waals surface area contributed by atoms with Crippen molar-refractivity contribution in [3.05, 3.63) is 54.0 Å². The van der Waals surface area contributed by atoms with E-state index in [9.17, 15) is 4.79 Å². The molecule has 128 valence electrons. The summed E-state index contributed by atoms with van der Waals surface area (Å²) in [5.74, 6) is 1.23. The second kappa shape index (κ2) is 7.51. The smallest absolute Gasteiger partial charge is 0.337 e. The molecule has 1 saturated heterocycles. The van der Waals surface area contributed by atoms with Gasteiger partial charge in [0.25, 0.3) is 0 Å².